The van der Waals surface area contributed by atoms with Crippen LogP contribution in [-0.2, 0) is 6.42 Å². The highest BCUT2D eigenvalue weighted by atomic mass is 16.2. The Labute approximate surface area is 83.5 Å². The number of carbonyl (C=O) groups is 1. The Bertz CT molecular complexity index is 362. The van der Waals surface area contributed by atoms with E-state index in [2.05, 4.69) is 6.07 Å². The summed E-state index contributed by atoms with van der Waals surface area (Å²) in [6.45, 7) is 2.03. The molecule has 1 atom stereocenters. The third-order valence-corrected chi connectivity index (χ3v) is 2.76. The van der Waals surface area contributed by atoms with Crippen molar-refractivity contribution in [3.05, 3.63) is 29.8 Å². The standard InChI is InChI=1S/C11H14N2O/c1-8-6-7-9-4-2-3-5-10(9)13(8)11(12)14/h2-5,8H,6-7H2,1H3,(H2,12,14). The van der Waals surface area contributed by atoms with Crippen molar-refractivity contribution in [2.24, 2.45) is 5.73 Å². The van der Waals surface area contributed by atoms with E-state index in [1.165, 1.54) is 5.56 Å². The molecule has 74 valence electrons. The number of primary amides is 1. The Kier molecular flexibility index (Phi) is 2.15. The predicted molar refractivity (Wildman–Crippen MR) is 56.3 cm³/mol. The Morgan fingerprint density at radius 3 is 2.93 bits per heavy atom. The average molecular weight is 190 g/mol. The molecule has 0 saturated heterocycles. The third-order valence-electron chi connectivity index (χ3n) is 2.76. The number of rotatable bonds is 0. The SMILES string of the molecule is CC1CCc2ccccc2N1C(N)=O. The number of carbonyl (C=O) groups excluding carboxylic acids is 1. The molecule has 3 nitrogen and oxygen atoms in total. The zero-order chi connectivity index (χ0) is 10.1. The van der Waals surface area contributed by atoms with E-state index in [1.807, 2.05) is 25.1 Å². The lowest BCUT2D eigenvalue weighted by molar-refractivity contribution is 0.251. The number of nitrogens with zero attached hydrogens (tertiary/aromatic N) is 1. The van der Waals surface area contributed by atoms with Crippen LogP contribution in [0.2, 0.25) is 0 Å². The van der Waals surface area contributed by atoms with Crippen molar-refractivity contribution in [3.63, 3.8) is 0 Å². The molecule has 0 spiro atoms. The predicted octanol–water partition coefficient (Wildman–Crippen LogP) is 1.91. The fourth-order valence-electron chi connectivity index (χ4n) is 2.02. The van der Waals surface area contributed by atoms with Crippen LogP contribution in [0, 0.1) is 0 Å². The first kappa shape index (κ1) is 9.06. The number of para-hydroxylation sites is 1. The van der Waals surface area contributed by atoms with Gasteiger partial charge in [0.15, 0.2) is 0 Å². The van der Waals surface area contributed by atoms with Gasteiger partial charge in [-0.25, -0.2) is 4.79 Å². The summed E-state index contributed by atoms with van der Waals surface area (Å²) in [5, 5.41) is 0. The van der Waals surface area contributed by atoms with Crippen molar-refractivity contribution in [2.75, 3.05) is 4.90 Å². The van der Waals surface area contributed by atoms with Crippen LogP contribution in [0.15, 0.2) is 24.3 Å². The van der Waals surface area contributed by atoms with Crippen LogP contribution in [0.25, 0.3) is 0 Å². The van der Waals surface area contributed by atoms with Gasteiger partial charge in [-0.05, 0) is 31.4 Å². The highest BCUT2D eigenvalue weighted by Crippen LogP contribution is 2.29. The Morgan fingerprint density at radius 2 is 2.21 bits per heavy atom. The fraction of sp³-hybridized carbons (Fsp3) is 0.364. The first-order chi connectivity index (χ1) is 6.70. The lowest BCUT2D eigenvalue weighted by atomic mass is 9.97. The molecule has 2 rings (SSSR count). The molecule has 1 aliphatic heterocycles. The van der Waals surface area contributed by atoms with Crippen LogP contribution in [0.3, 0.4) is 0 Å². The molecule has 0 fully saturated rings. The van der Waals surface area contributed by atoms with Gasteiger partial charge in [0, 0.05) is 11.7 Å². The molecule has 2 amide bonds. The number of fused-ring (bicyclic) bond motifs is 1. The number of anilines is 1. The van der Waals surface area contributed by atoms with E-state index in [0.29, 0.717) is 0 Å². The van der Waals surface area contributed by atoms with Crippen molar-refractivity contribution >= 4 is 11.7 Å². The molecule has 2 N–H and O–H groups in total. The van der Waals surface area contributed by atoms with E-state index >= 15 is 0 Å². The maximum Gasteiger partial charge on any atom is 0.319 e. The molecule has 0 bridgehead atoms. The zero-order valence-electron chi connectivity index (χ0n) is 8.23. The van der Waals surface area contributed by atoms with Crippen molar-refractivity contribution < 1.29 is 4.79 Å². The van der Waals surface area contributed by atoms with Gasteiger partial charge in [0.1, 0.15) is 0 Å². The van der Waals surface area contributed by atoms with Gasteiger partial charge in [0.05, 0.1) is 0 Å². The van der Waals surface area contributed by atoms with Crippen LogP contribution >= 0.6 is 0 Å². The summed E-state index contributed by atoms with van der Waals surface area (Å²) < 4.78 is 0. The van der Waals surface area contributed by atoms with Gasteiger partial charge in [-0.15, -0.1) is 0 Å². The van der Waals surface area contributed by atoms with E-state index in [-0.39, 0.29) is 12.1 Å². The smallest absolute Gasteiger partial charge is 0.319 e. The maximum atomic E-state index is 11.3. The minimum absolute atomic E-state index is 0.211. The van der Waals surface area contributed by atoms with E-state index < -0.39 is 0 Å². The molecule has 3 heteroatoms. The first-order valence-corrected chi connectivity index (χ1v) is 4.86. The van der Waals surface area contributed by atoms with Crippen LogP contribution in [0.5, 0.6) is 0 Å². The van der Waals surface area contributed by atoms with E-state index in [1.54, 1.807) is 4.90 Å². The summed E-state index contributed by atoms with van der Waals surface area (Å²) in [7, 11) is 0. The van der Waals surface area contributed by atoms with Crippen molar-refractivity contribution in [2.45, 2.75) is 25.8 Å². The average Bonchev–Trinajstić information content (AvgIpc) is 2.17. The van der Waals surface area contributed by atoms with Gasteiger partial charge < -0.3 is 5.73 Å². The summed E-state index contributed by atoms with van der Waals surface area (Å²) in [5.41, 5.74) is 7.54. The minimum atomic E-state index is -0.357. The summed E-state index contributed by atoms with van der Waals surface area (Å²) in [6.07, 6.45) is 2.01. The monoisotopic (exact) mass is 190 g/mol. The van der Waals surface area contributed by atoms with Gasteiger partial charge in [-0.3, -0.25) is 4.90 Å². The quantitative estimate of drug-likeness (QED) is 0.667. The summed E-state index contributed by atoms with van der Waals surface area (Å²) in [6, 6.07) is 7.79. The molecule has 1 heterocycles. The second-order valence-electron chi connectivity index (χ2n) is 3.72. The minimum Gasteiger partial charge on any atom is -0.351 e. The topological polar surface area (TPSA) is 46.3 Å². The van der Waals surface area contributed by atoms with Crippen LogP contribution in [0.1, 0.15) is 18.9 Å². The van der Waals surface area contributed by atoms with Crippen molar-refractivity contribution in [3.8, 4) is 0 Å². The van der Waals surface area contributed by atoms with Crippen LogP contribution in [0.4, 0.5) is 10.5 Å². The fourth-order valence-corrected chi connectivity index (χ4v) is 2.02. The second-order valence-corrected chi connectivity index (χ2v) is 3.72. The van der Waals surface area contributed by atoms with Crippen molar-refractivity contribution in [1.82, 2.24) is 0 Å². The van der Waals surface area contributed by atoms with Gasteiger partial charge in [-0.1, -0.05) is 18.2 Å². The lowest BCUT2D eigenvalue weighted by Gasteiger charge is -2.33. The number of hydrogen-bond donors (Lipinski definition) is 1. The molecular weight excluding hydrogens is 176 g/mol. The van der Waals surface area contributed by atoms with Crippen LogP contribution in [-0.4, -0.2) is 12.1 Å². The molecular formula is C11H14N2O. The molecule has 0 saturated carbocycles. The molecule has 0 radical (unpaired) electrons. The normalized spacial score (nSPS) is 20.4. The van der Waals surface area contributed by atoms with Gasteiger partial charge in [-0.2, -0.15) is 0 Å². The number of amides is 2. The molecule has 14 heavy (non-hydrogen) atoms. The Balaban J connectivity index is 2.46. The highest BCUT2D eigenvalue weighted by molar-refractivity contribution is 5.92. The molecule has 0 aliphatic carbocycles. The summed E-state index contributed by atoms with van der Waals surface area (Å²) in [4.78, 5) is 13.0. The third kappa shape index (κ3) is 1.35. The van der Waals surface area contributed by atoms with Gasteiger partial charge in [0.25, 0.3) is 0 Å². The molecule has 1 aliphatic rings. The molecule has 1 unspecified atom stereocenters. The molecule has 0 aromatic heterocycles. The second kappa shape index (κ2) is 3.33. The first-order valence-electron chi connectivity index (χ1n) is 4.86. The number of aryl methyl sites for hydroxylation is 1. The van der Waals surface area contributed by atoms with Gasteiger partial charge >= 0.3 is 6.03 Å². The molecule has 1 aromatic rings. The Morgan fingerprint density at radius 1 is 1.50 bits per heavy atom. The number of urea groups is 1. The maximum absolute atomic E-state index is 11.3. The lowest BCUT2D eigenvalue weighted by Crippen LogP contribution is -2.45. The van der Waals surface area contributed by atoms with E-state index in [0.717, 1.165) is 18.5 Å². The van der Waals surface area contributed by atoms with Crippen molar-refractivity contribution in [1.29, 1.82) is 0 Å². The molecule has 1 aromatic carbocycles. The zero-order valence-corrected chi connectivity index (χ0v) is 8.23. The Hall–Kier alpha value is -1.51. The number of hydrogen-bond acceptors (Lipinski definition) is 1. The van der Waals surface area contributed by atoms with Crippen LogP contribution < -0.4 is 10.6 Å². The van der Waals surface area contributed by atoms with E-state index in [4.69, 9.17) is 5.73 Å². The van der Waals surface area contributed by atoms with E-state index in [9.17, 15) is 4.79 Å². The number of nitrogens with two attached hydrogens (primary N) is 1. The summed E-state index contributed by atoms with van der Waals surface area (Å²) >= 11 is 0. The largest absolute Gasteiger partial charge is 0.351 e. The number of benzene rings is 1. The van der Waals surface area contributed by atoms with Gasteiger partial charge in [0.2, 0.25) is 0 Å². The summed E-state index contributed by atoms with van der Waals surface area (Å²) in [5.74, 6) is 0. The highest BCUT2D eigenvalue weighted by Gasteiger charge is 2.25.